The molecule has 104 valence electrons. The van der Waals surface area contributed by atoms with Gasteiger partial charge in [0.1, 0.15) is 0 Å². The molecule has 0 atom stereocenters. The van der Waals surface area contributed by atoms with Gasteiger partial charge in [-0.15, -0.1) is 11.3 Å². The standard InChI is InChI=1S/C21H14S/c1-13-6-8-18-20(12-13)22-19-11-10-16-15-5-3-2-4-14(15)7-9-17(16)21(18)19/h2-12H,1H3. The molecule has 0 radical (unpaired) electrons. The zero-order valence-electron chi connectivity index (χ0n) is 12.3. The number of hydrogen-bond acceptors (Lipinski definition) is 1. The fourth-order valence-electron chi connectivity index (χ4n) is 3.47. The third-order valence-corrected chi connectivity index (χ3v) is 5.63. The minimum absolute atomic E-state index is 1.31. The smallest absolute Gasteiger partial charge is 0.0361 e. The molecule has 1 heterocycles. The molecule has 4 aromatic carbocycles. The van der Waals surface area contributed by atoms with Gasteiger partial charge in [-0.25, -0.2) is 0 Å². The van der Waals surface area contributed by atoms with E-state index < -0.39 is 0 Å². The Morgan fingerprint density at radius 2 is 1.45 bits per heavy atom. The first-order valence-corrected chi connectivity index (χ1v) is 8.36. The van der Waals surface area contributed by atoms with Crippen LogP contribution in [-0.4, -0.2) is 0 Å². The van der Waals surface area contributed by atoms with Crippen LogP contribution in [0.25, 0.3) is 41.7 Å². The van der Waals surface area contributed by atoms with Crippen molar-refractivity contribution in [3.63, 3.8) is 0 Å². The molecule has 5 rings (SSSR count). The lowest BCUT2D eigenvalue weighted by atomic mass is 9.98. The van der Waals surface area contributed by atoms with Crippen molar-refractivity contribution in [1.29, 1.82) is 0 Å². The Morgan fingerprint density at radius 1 is 0.636 bits per heavy atom. The second-order valence-corrected chi connectivity index (χ2v) is 7.01. The van der Waals surface area contributed by atoms with Crippen LogP contribution >= 0.6 is 11.3 Å². The Balaban J connectivity index is 2.07. The number of aryl methyl sites for hydroxylation is 1. The van der Waals surface area contributed by atoms with Crippen LogP contribution in [0.15, 0.2) is 66.7 Å². The second kappa shape index (κ2) is 4.31. The largest absolute Gasteiger partial charge is 0.135 e. The van der Waals surface area contributed by atoms with Crippen molar-refractivity contribution in [3.8, 4) is 0 Å². The third kappa shape index (κ3) is 1.57. The molecule has 0 N–H and O–H groups in total. The molecule has 0 aliphatic carbocycles. The van der Waals surface area contributed by atoms with Gasteiger partial charge in [0.25, 0.3) is 0 Å². The molecule has 0 bridgehead atoms. The molecule has 0 saturated heterocycles. The van der Waals surface area contributed by atoms with E-state index in [2.05, 4.69) is 73.7 Å². The summed E-state index contributed by atoms with van der Waals surface area (Å²) >= 11 is 1.90. The molecule has 1 heteroatoms. The summed E-state index contributed by atoms with van der Waals surface area (Å²) in [5.74, 6) is 0. The number of fused-ring (bicyclic) bond motifs is 7. The molecule has 0 spiro atoms. The molecule has 0 unspecified atom stereocenters. The van der Waals surface area contributed by atoms with E-state index in [1.165, 1.54) is 47.3 Å². The molecule has 0 nitrogen and oxygen atoms in total. The fraction of sp³-hybridized carbons (Fsp3) is 0.0476. The van der Waals surface area contributed by atoms with Gasteiger partial charge in [0, 0.05) is 20.2 Å². The lowest BCUT2D eigenvalue weighted by Gasteiger charge is -2.05. The lowest BCUT2D eigenvalue weighted by Crippen LogP contribution is -1.78. The first-order valence-electron chi connectivity index (χ1n) is 7.54. The first kappa shape index (κ1) is 12.2. The first-order chi connectivity index (χ1) is 10.8. The maximum absolute atomic E-state index is 2.30. The summed E-state index contributed by atoms with van der Waals surface area (Å²) < 4.78 is 2.76. The SMILES string of the molecule is Cc1ccc2c(c1)sc1ccc3c4ccccc4ccc3c12. The number of hydrogen-bond donors (Lipinski definition) is 0. The topological polar surface area (TPSA) is 0 Å². The highest BCUT2D eigenvalue weighted by atomic mass is 32.1. The van der Waals surface area contributed by atoms with Crippen LogP contribution in [0.3, 0.4) is 0 Å². The van der Waals surface area contributed by atoms with Crippen LogP contribution < -0.4 is 0 Å². The summed E-state index contributed by atoms with van der Waals surface area (Å²) in [5.41, 5.74) is 1.33. The summed E-state index contributed by atoms with van der Waals surface area (Å²) in [4.78, 5) is 0. The van der Waals surface area contributed by atoms with Crippen LogP contribution in [0.1, 0.15) is 5.56 Å². The molecule has 0 amide bonds. The average molecular weight is 298 g/mol. The zero-order valence-corrected chi connectivity index (χ0v) is 13.1. The van der Waals surface area contributed by atoms with Crippen molar-refractivity contribution >= 4 is 53.1 Å². The molecular formula is C21H14S. The maximum atomic E-state index is 2.30. The molecule has 0 saturated carbocycles. The minimum Gasteiger partial charge on any atom is -0.135 e. The maximum Gasteiger partial charge on any atom is 0.0361 e. The normalized spacial score (nSPS) is 11.9. The second-order valence-electron chi connectivity index (χ2n) is 5.92. The van der Waals surface area contributed by atoms with E-state index in [4.69, 9.17) is 0 Å². The van der Waals surface area contributed by atoms with Gasteiger partial charge in [0.2, 0.25) is 0 Å². The van der Waals surface area contributed by atoms with Gasteiger partial charge < -0.3 is 0 Å². The monoisotopic (exact) mass is 298 g/mol. The summed E-state index contributed by atoms with van der Waals surface area (Å²) in [6, 6.07) is 24.5. The minimum atomic E-state index is 1.31. The Bertz CT molecular complexity index is 1180. The highest BCUT2D eigenvalue weighted by Crippen LogP contribution is 2.40. The average Bonchev–Trinajstić information content (AvgIpc) is 2.92. The number of thiophene rings is 1. The van der Waals surface area contributed by atoms with Gasteiger partial charge in [0.05, 0.1) is 0 Å². The molecule has 22 heavy (non-hydrogen) atoms. The van der Waals surface area contributed by atoms with E-state index in [0.717, 1.165) is 0 Å². The van der Waals surface area contributed by atoms with Crippen LogP contribution in [0.4, 0.5) is 0 Å². The third-order valence-electron chi connectivity index (χ3n) is 4.51. The van der Waals surface area contributed by atoms with Crippen molar-refractivity contribution in [1.82, 2.24) is 0 Å². The highest BCUT2D eigenvalue weighted by molar-refractivity contribution is 7.26. The fourth-order valence-corrected chi connectivity index (χ4v) is 4.69. The summed E-state index contributed by atoms with van der Waals surface area (Å²) in [6.45, 7) is 2.16. The summed E-state index contributed by atoms with van der Waals surface area (Å²) in [6.07, 6.45) is 0. The van der Waals surface area contributed by atoms with Crippen molar-refractivity contribution in [2.75, 3.05) is 0 Å². The van der Waals surface area contributed by atoms with E-state index in [0.29, 0.717) is 0 Å². The predicted molar refractivity (Wildman–Crippen MR) is 99.1 cm³/mol. The van der Waals surface area contributed by atoms with Crippen LogP contribution in [0.2, 0.25) is 0 Å². The zero-order chi connectivity index (χ0) is 14.7. The van der Waals surface area contributed by atoms with Crippen molar-refractivity contribution in [2.45, 2.75) is 6.92 Å². The van der Waals surface area contributed by atoms with Gasteiger partial charge in [-0.1, -0.05) is 54.6 Å². The molecule has 0 aliphatic heterocycles. The van der Waals surface area contributed by atoms with Crippen LogP contribution in [-0.2, 0) is 0 Å². The van der Waals surface area contributed by atoms with Crippen molar-refractivity contribution in [3.05, 3.63) is 72.3 Å². The molecule has 0 aliphatic rings. The van der Waals surface area contributed by atoms with Gasteiger partial charge in [-0.3, -0.25) is 0 Å². The van der Waals surface area contributed by atoms with Gasteiger partial charge in [0.15, 0.2) is 0 Å². The van der Waals surface area contributed by atoms with E-state index in [1.807, 2.05) is 11.3 Å². The number of benzene rings is 4. The Labute approximate surface area is 132 Å². The summed E-state index contributed by atoms with van der Waals surface area (Å²) in [7, 11) is 0. The quantitative estimate of drug-likeness (QED) is 0.280. The van der Waals surface area contributed by atoms with Gasteiger partial charge in [-0.2, -0.15) is 0 Å². The van der Waals surface area contributed by atoms with E-state index in [9.17, 15) is 0 Å². The molecule has 0 fully saturated rings. The summed E-state index contributed by atoms with van der Waals surface area (Å²) in [5, 5.41) is 8.16. The van der Waals surface area contributed by atoms with Crippen LogP contribution in [0, 0.1) is 6.92 Å². The van der Waals surface area contributed by atoms with E-state index in [-0.39, 0.29) is 0 Å². The Kier molecular flexibility index (Phi) is 2.39. The Morgan fingerprint density at radius 3 is 2.41 bits per heavy atom. The van der Waals surface area contributed by atoms with Crippen molar-refractivity contribution in [2.24, 2.45) is 0 Å². The van der Waals surface area contributed by atoms with E-state index in [1.54, 1.807) is 0 Å². The Hall–Kier alpha value is -2.38. The lowest BCUT2D eigenvalue weighted by molar-refractivity contribution is 1.52. The van der Waals surface area contributed by atoms with Gasteiger partial charge in [-0.05, 0) is 46.2 Å². The van der Waals surface area contributed by atoms with E-state index >= 15 is 0 Å². The van der Waals surface area contributed by atoms with Gasteiger partial charge >= 0.3 is 0 Å². The molecular weight excluding hydrogens is 284 g/mol. The predicted octanol–water partition coefficient (Wildman–Crippen LogP) is 6.67. The van der Waals surface area contributed by atoms with Crippen molar-refractivity contribution < 1.29 is 0 Å². The number of rotatable bonds is 0. The molecule has 1 aromatic heterocycles. The molecule has 5 aromatic rings. The highest BCUT2D eigenvalue weighted by Gasteiger charge is 2.10. The van der Waals surface area contributed by atoms with Crippen LogP contribution in [0.5, 0.6) is 0 Å².